The number of benzene rings is 1. The van der Waals surface area contributed by atoms with Crippen LogP contribution in [0.3, 0.4) is 0 Å². The Morgan fingerprint density at radius 2 is 2.12 bits per heavy atom. The van der Waals surface area contributed by atoms with Crippen molar-refractivity contribution in [2.75, 3.05) is 5.75 Å². The molecule has 2 N–H and O–H groups in total. The largest absolute Gasteiger partial charge is 0.325 e. The molecule has 0 aliphatic heterocycles. The lowest BCUT2D eigenvalue weighted by molar-refractivity contribution is 0.577. The molecule has 0 saturated carbocycles. The molecular weight excluding hydrogens is 249 g/mol. The molecule has 0 fully saturated rings. The zero-order chi connectivity index (χ0) is 12.3. The predicted octanol–water partition coefficient (Wildman–Crippen LogP) is 2.47. The first-order valence-corrected chi connectivity index (χ1v) is 6.73. The van der Waals surface area contributed by atoms with Crippen LogP contribution >= 0.6 is 11.6 Å². The van der Waals surface area contributed by atoms with E-state index >= 15 is 0 Å². The number of hydrogen-bond acceptors (Lipinski definition) is 2. The van der Waals surface area contributed by atoms with Crippen molar-refractivity contribution in [3.05, 3.63) is 34.6 Å². The molecule has 1 aromatic rings. The van der Waals surface area contributed by atoms with E-state index in [0.717, 1.165) is 0 Å². The summed E-state index contributed by atoms with van der Waals surface area (Å²) in [5.41, 5.74) is 5.82. The zero-order valence-corrected chi connectivity index (χ0v) is 10.9. The average molecular weight is 264 g/mol. The highest BCUT2D eigenvalue weighted by atomic mass is 35.5. The van der Waals surface area contributed by atoms with Crippen molar-refractivity contribution in [1.29, 1.82) is 0 Å². The van der Waals surface area contributed by atoms with Crippen molar-refractivity contribution < 1.29 is 8.60 Å². The predicted molar refractivity (Wildman–Crippen MR) is 66.4 cm³/mol. The molecule has 1 atom stereocenters. The summed E-state index contributed by atoms with van der Waals surface area (Å²) in [5, 5.41) is 0.0469. The Morgan fingerprint density at radius 1 is 1.50 bits per heavy atom. The molecule has 2 nitrogen and oxygen atoms in total. The van der Waals surface area contributed by atoms with E-state index in [-0.39, 0.29) is 10.8 Å². The first kappa shape index (κ1) is 13.6. The van der Waals surface area contributed by atoms with Crippen molar-refractivity contribution in [3.63, 3.8) is 0 Å². The molecule has 0 aliphatic carbocycles. The molecule has 16 heavy (non-hydrogen) atoms. The van der Waals surface area contributed by atoms with Gasteiger partial charge in [-0.1, -0.05) is 23.7 Å². The summed E-state index contributed by atoms with van der Waals surface area (Å²) in [7, 11) is -1.14. The number of nitrogens with two attached hydrogens (primary N) is 1. The van der Waals surface area contributed by atoms with Gasteiger partial charge in [-0.2, -0.15) is 0 Å². The highest BCUT2D eigenvalue weighted by Crippen LogP contribution is 2.21. The maximum Gasteiger partial charge on any atom is 0.142 e. The third kappa shape index (κ3) is 4.20. The Morgan fingerprint density at radius 3 is 2.69 bits per heavy atom. The summed E-state index contributed by atoms with van der Waals surface area (Å²) >= 11 is 5.77. The van der Waals surface area contributed by atoms with E-state index in [4.69, 9.17) is 17.3 Å². The van der Waals surface area contributed by atoms with Gasteiger partial charge >= 0.3 is 0 Å². The average Bonchev–Trinajstić information content (AvgIpc) is 2.09. The third-order valence-electron chi connectivity index (χ3n) is 1.88. The van der Waals surface area contributed by atoms with Crippen molar-refractivity contribution in [3.8, 4) is 0 Å². The Hall–Kier alpha value is -0.450. The van der Waals surface area contributed by atoms with Crippen LogP contribution < -0.4 is 5.73 Å². The lowest BCUT2D eigenvalue weighted by Crippen LogP contribution is -2.38. The number of halogens is 2. The van der Waals surface area contributed by atoms with Gasteiger partial charge in [0.25, 0.3) is 0 Å². The number of rotatable bonds is 4. The van der Waals surface area contributed by atoms with Crippen molar-refractivity contribution in [2.24, 2.45) is 5.73 Å². The van der Waals surface area contributed by atoms with E-state index in [1.165, 1.54) is 6.07 Å². The minimum Gasteiger partial charge on any atom is -0.325 e. The monoisotopic (exact) mass is 263 g/mol. The highest BCUT2D eigenvalue weighted by molar-refractivity contribution is 7.84. The summed E-state index contributed by atoms with van der Waals surface area (Å²) in [5.74, 6) is 0.111. The minimum absolute atomic E-state index is 0.0469. The van der Waals surface area contributed by atoms with Crippen LogP contribution in [0.5, 0.6) is 0 Å². The molecular formula is C11H15ClFNOS. The lowest BCUT2D eigenvalue weighted by atomic mass is 10.1. The van der Waals surface area contributed by atoms with E-state index in [9.17, 15) is 8.60 Å². The van der Waals surface area contributed by atoms with Gasteiger partial charge in [-0.25, -0.2) is 4.39 Å². The molecule has 90 valence electrons. The summed E-state index contributed by atoms with van der Waals surface area (Å²) in [6, 6.07) is 4.51. The maximum absolute atomic E-state index is 13.1. The summed E-state index contributed by atoms with van der Waals surface area (Å²) in [6.07, 6.45) is 0. The van der Waals surface area contributed by atoms with E-state index in [0.29, 0.717) is 11.3 Å². The molecule has 0 heterocycles. The summed E-state index contributed by atoms with van der Waals surface area (Å²) in [4.78, 5) is 0. The quantitative estimate of drug-likeness (QED) is 0.907. The van der Waals surface area contributed by atoms with Crippen LogP contribution in [0, 0.1) is 5.82 Å². The van der Waals surface area contributed by atoms with Gasteiger partial charge in [-0.05, 0) is 25.5 Å². The Labute approximate surface area is 102 Å². The van der Waals surface area contributed by atoms with E-state index < -0.39 is 22.2 Å². The summed E-state index contributed by atoms with van der Waals surface area (Å²) in [6.45, 7) is 3.61. The molecule has 0 bridgehead atoms. The topological polar surface area (TPSA) is 43.1 Å². The van der Waals surface area contributed by atoms with Gasteiger partial charge < -0.3 is 5.73 Å². The van der Waals surface area contributed by atoms with Crippen LogP contribution in [0.15, 0.2) is 18.2 Å². The molecule has 1 rings (SSSR count). The minimum atomic E-state index is -1.14. The highest BCUT2D eigenvalue weighted by Gasteiger charge is 2.17. The second kappa shape index (κ2) is 5.25. The summed E-state index contributed by atoms with van der Waals surface area (Å²) < 4.78 is 24.9. The fourth-order valence-corrected chi connectivity index (χ4v) is 3.09. The molecule has 0 aliphatic rings. The van der Waals surface area contributed by atoms with Gasteiger partial charge in [-0.3, -0.25) is 4.21 Å². The standard InChI is InChI=1S/C11H15ClFNOS/c1-11(2,14)7-16(15)6-8-4-3-5-9(13)10(8)12/h3-5H,6-7,14H2,1-2H3. The van der Waals surface area contributed by atoms with Crippen LogP contribution in [-0.2, 0) is 16.6 Å². The van der Waals surface area contributed by atoms with Crippen LogP contribution in [-0.4, -0.2) is 15.5 Å². The Bertz CT molecular complexity index is 403. The molecule has 0 aromatic heterocycles. The second-order valence-electron chi connectivity index (χ2n) is 4.43. The van der Waals surface area contributed by atoms with Crippen LogP contribution in [0.1, 0.15) is 19.4 Å². The molecule has 0 radical (unpaired) electrons. The molecule has 0 amide bonds. The van der Waals surface area contributed by atoms with E-state index in [2.05, 4.69) is 0 Å². The van der Waals surface area contributed by atoms with Gasteiger partial charge in [0.2, 0.25) is 0 Å². The first-order valence-electron chi connectivity index (χ1n) is 4.86. The van der Waals surface area contributed by atoms with E-state index in [1.54, 1.807) is 26.0 Å². The fraction of sp³-hybridized carbons (Fsp3) is 0.455. The van der Waals surface area contributed by atoms with Crippen molar-refractivity contribution in [1.82, 2.24) is 0 Å². The number of hydrogen-bond donors (Lipinski definition) is 1. The normalized spacial score (nSPS) is 13.8. The SMILES string of the molecule is CC(C)(N)CS(=O)Cc1cccc(F)c1Cl. The molecule has 5 heteroatoms. The third-order valence-corrected chi connectivity index (χ3v) is 4.00. The second-order valence-corrected chi connectivity index (χ2v) is 6.26. The van der Waals surface area contributed by atoms with Gasteiger partial charge in [0, 0.05) is 22.1 Å². The van der Waals surface area contributed by atoms with Crippen LogP contribution in [0.4, 0.5) is 4.39 Å². The van der Waals surface area contributed by atoms with Crippen molar-refractivity contribution in [2.45, 2.75) is 25.1 Å². The molecule has 1 aromatic carbocycles. The van der Waals surface area contributed by atoms with Gasteiger partial charge in [-0.15, -0.1) is 0 Å². The molecule has 1 unspecified atom stereocenters. The smallest absolute Gasteiger partial charge is 0.142 e. The Balaban J connectivity index is 2.74. The fourth-order valence-electron chi connectivity index (χ4n) is 1.30. The van der Waals surface area contributed by atoms with Gasteiger partial charge in [0.05, 0.1) is 10.8 Å². The van der Waals surface area contributed by atoms with Crippen molar-refractivity contribution >= 4 is 22.4 Å². The zero-order valence-electron chi connectivity index (χ0n) is 9.30. The van der Waals surface area contributed by atoms with Gasteiger partial charge in [0.15, 0.2) is 0 Å². The van der Waals surface area contributed by atoms with Crippen LogP contribution in [0.25, 0.3) is 0 Å². The van der Waals surface area contributed by atoms with E-state index in [1.807, 2.05) is 0 Å². The Kier molecular flexibility index (Phi) is 4.47. The lowest BCUT2D eigenvalue weighted by Gasteiger charge is -2.17. The van der Waals surface area contributed by atoms with Gasteiger partial charge in [0.1, 0.15) is 5.82 Å². The molecule has 0 spiro atoms. The van der Waals surface area contributed by atoms with Crippen LogP contribution in [0.2, 0.25) is 5.02 Å². The molecule has 0 saturated heterocycles. The first-order chi connectivity index (χ1) is 7.29. The maximum atomic E-state index is 13.1.